The van der Waals surface area contributed by atoms with E-state index in [-0.39, 0.29) is 24.3 Å². The summed E-state index contributed by atoms with van der Waals surface area (Å²) in [7, 11) is 1.73. The number of benzene rings is 3. The highest BCUT2D eigenvalue weighted by atomic mass is 16.2. The zero-order valence-electron chi connectivity index (χ0n) is 19.0. The van der Waals surface area contributed by atoms with Gasteiger partial charge in [0.05, 0.1) is 6.54 Å². The zero-order valence-corrected chi connectivity index (χ0v) is 19.0. The molecule has 3 rings (SSSR count). The van der Waals surface area contributed by atoms with Crippen molar-refractivity contribution in [3.8, 4) is 0 Å². The molecule has 3 N–H and O–H groups in total. The predicted octanol–water partition coefficient (Wildman–Crippen LogP) is 4.67. The van der Waals surface area contributed by atoms with Crippen LogP contribution in [0.1, 0.15) is 29.3 Å². The van der Waals surface area contributed by atoms with Crippen molar-refractivity contribution in [3.05, 3.63) is 83.9 Å². The number of nitrogens with zero attached hydrogens (tertiary/aromatic N) is 1. The summed E-state index contributed by atoms with van der Waals surface area (Å²) >= 11 is 0. The lowest BCUT2D eigenvalue weighted by molar-refractivity contribution is -0.116. The SMILES string of the molecule is CCC(=O)Nc1cc(NC(=O)CNc2cccc(C(=O)N(C)c3ccccc3)c2)ccc1C. The fourth-order valence-electron chi connectivity index (χ4n) is 3.19. The van der Waals surface area contributed by atoms with E-state index in [9.17, 15) is 14.4 Å². The fraction of sp³-hybridized carbons (Fsp3) is 0.192. The normalized spacial score (nSPS) is 10.3. The average Bonchev–Trinajstić information content (AvgIpc) is 2.84. The number of amides is 3. The third kappa shape index (κ3) is 6.43. The highest BCUT2D eigenvalue weighted by Gasteiger charge is 2.14. The van der Waals surface area contributed by atoms with Gasteiger partial charge in [-0.15, -0.1) is 0 Å². The van der Waals surface area contributed by atoms with E-state index in [1.165, 1.54) is 0 Å². The Morgan fingerprint density at radius 2 is 1.58 bits per heavy atom. The number of para-hydroxylation sites is 1. The summed E-state index contributed by atoms with van der Waals surface area (Å²) in [6.07, 6.45) is 0.378. The molecule has 0 bridgehead atoms. The second-order valence-corrected chi connectivity index (χ2v) is 7.61. The van der Waals surface area contributed by atoms with Crippen molar-refractivity contribution in [2.45, 2.75) is 20.3 Å². The monoisotopic (exact) mass is 444 g/mol. The van der Waals surface area contributed by atoms with Gasteiger partial charge in [-0.2, -0.15) is 0 Å². The topological polar surface area (TPSA) is 90.5 Å². The molecule has 0 unspecified atom stereocenters. The van der Waals surface area contributed by atoms with Gasteiger partial charge < -0.3 is 20.9 Å². The first-order valence-electron chi connectivity index (χ1n) is 10.7. The quantitative estimate of drug-likeness (QED) is 0.471. The number of anilines is 4. The first-order chi connectivity index (χ1) is 15.9. The molecule has 33 heavy (non-hydrogen) atoms. The molecule has 7 nitrogen and oxygen atoms in total. The third-order valence-corrected chi connectivity index (χ3v) is 5.13. The van der Waals surface area contributed by atoms with Crippen molar-refractivity contribution >= 4 is 40.5 Å². The Bertz CT molecular complexity index is 1150. The molecule has 7 heteroatoms. The molecule has 170 valence electrons. The van der Waals surface area contributed by atoms with Crippen LogP contribution in [0.4, 0.5) is 22.7 Å². The van der Waals surface area contributed by atoms with Crippen LogP contribution in [-0.2, 0) is 9.59 Å². The molecule has 0 radical (unpaired) electrons. The lowest BCUT2D eigenvalue weighted by atomic mass is 10.1. The number of aryl methyl sites for hydroxylation is 1. The number of hydrogen-bond donors (Lipinski definition) is 3. The summed E-state index contributed by atoms with van der Waals surface area (Å²) in [6.45, 7) is 3.70. The smallest absolute Gasteiger partial charge is 0.258 e. The van der Waals surface area contributed by atoms with E-state index in [0.29, 0.717) is 29.0 Å². The molecule has 0 aliphatic carbocycles. The van der Waals surface area contributed by atoms with Crippen LogP contribution in [0.2, 0.25) is 0 Å². The number of carbonyl (C=O) groups excluding carboxylic acids is 3. The van der Waals surface area contributed by atoms with Crippen molar-refractivity contribution in [2.24, 2.45) is 0 Å². The van der Waals surface area contributed by atoms with Gasteiger partial charge in [-0.25, -0.2) is 0 Å². The van der Waals surface area contributed by atoms with E-state index >= 15 is 0 Å². The lowest BCUT2D eigenvalue weighted by Crippen LogP contribution is -2.26. The number of hydrogen-bond acceptors (Lipinski definition) is 4. The van der Waals surface area contributed by atoms with Gasteiger partial charge in [0.2, 0.25) is 11.8 Å². The van der Waals surface area contributed by atoms with Crippen LogP contribution in [0.15, 0.2) is 72.8 Å². The Hall–Kier alpha value is -4.13. The number of rotatable bonds is 8. The molecule has 0 saturated carbocycles. The standard InChI is InChI=1S/C26H28N4O3/c1-4-24(31)29-23-16-21(14-13-18(23)2)28-25(32)17-27-20-10-8-9-19(15-20)26(33)30(3)22-11-6-5-7-12-22/h5-16,27H,4,17H2,1-3H3,(H,28,32)(H,29,31). The third-order valence-electron chi connectivity index (χ3n) is 5.13. The zero-order chi connectivity index (χ0) is 23.8. The molecule has 3 aromatic carbocycles. The van der Waals surface area contributed by atoms with Crippen molar-refractivity contribution in [2.75, 3.05) is 34.4 Å². The number of carbonyl (C=O) groups is 3. The summed E-state index contributed by atoms with van der Waals surface area (Å²) < 4.78 is 0. The molecule has 0 heterocycles. The highest BCUT2D eigenvalue weighted by molar-refractivity contribution is 6.06. The molecular weight excluding hydrogens is 416 g/mol. The van der Waals surface area contributed by atoms with E-state index in [1.807, 2.05) is 43.3 Å². The van der Waals surface area contributed by atoms with Crippen molar-refractivity contribution < 1.29 is 14.4 Å². The van der Waals surface area contributed by atoms with Gasteiger partial charge in [0.25, 0.3) is 5.91 Å². The van der Waals surface area contributed by atoms with Gasteiger partial charge in [-0.05, 0) is 55.0 Å². The first kappa shape index (κ1) is 23.5. The minimum atomic E-state index is -0.246. The second-order valence-electron chi connectivity index (χ2n) is 7.61. The average molecular weight is 445 g/mol. The van der Waals surface area contributed by atoms with Crippen molar-refractivity contribution in [3.63, 3.8) is 0 Å². The Morgan fingerprint density at radius 3 is 2.30 bits per heavy atom. The maximum Gasteiger partial charge on any atom is 0.258 e. The van der Waals surface area contributed by atoms with E-state index in [4.69, 9.17) is 0 Å². The van der Waals surface area contributed by atoms with Gasteiger partial charge in [-0.1, -0.05) is 37.3 Å². The fourth-order valence-corrected chi connectivity index (χ4v) is 3.19. The molecule has 3 amide bonds. The van der Waals surface area contributed by atoms with Crippen molar-refractivity contribution in [1.82, 2.24) is 0 Å². The largest absolute Gasteiger partial charge is 0.376 e. The lowest BCUT2D eigenvalue weighted by Gasteiger charge is -2.18. The summed E-state index contributed by atoms with van der Waals surface area (Å²) in [5, 5.41) is 8.70. The van der Waals surface area contributed by atoms with Crippen LogP contribution < -0.4 is 20.9 Å². The molecule has 0 aliphatic heterocycles. The molecule has 3 aromatic rings. The van der Waals surface area contributed by atoms with Crippen LogP contribution in [0.3, 0.4) is 0 Å². The summed E-state index contributed by atoms with van der Waals surface area (Å²) in [4.78, 5) is 38.5. The summed E-state index contributed by atoms with van der Waals surface area (Å²) in [5.74, 6) is -0.476. The molecule has 0 saturated heterocycles. The highest BCUT2D eigenvalue weighted by Crippen LogP contribution is 2.21. The van der Waals surface area contributed by atoms with Gasteiger partial charge in [0, 0.05) is 41.8 Å². The molecule has 0 atom stereocenters. The van der Waals surface area contributed by atoms with Gasteiger partial charge in [-0.3, -0.25) is 14.4 Å². The maximum absolute atomic E-state index is 12.8. The maximum atomic E-state index is 12.8. The minimum Gasteiger partial charge on any atom is -0.376 e. The Kier molecular flexibility index (Phi) is 7.81. The first-order valence-corrected chi connectivity index (χ1v) is 10.7. The molecule has 0 spiro atoms. The Balaban J connectivity index is 1.60. The summed E-state index contributed by atoms with van der Waals surface area (Å²) in [6, 6.07) is 21.8. The molecule has 0 fully saturated rings. The molecular formula is C26H28N4O3. The van der Waals surface area contributed by atoms with E-state index in [1.54, 1.807) is 55.3 Å². The molecule has 0 aromatic heterocycles. The van der Waals surface area contributed by atoms with Crippen molar-refractivity contribution in [1.29, 1.82) is 0 Å². The van der Waals surface area contributed by atoms with Crippen LogP contribution in [-0.4, -0.2) is 31.3 Å². The van der Waals surface area contributed by atoms with E-state index in [2.05, 4.69) is 16.0 Å². The van der Waals surface area contributed by atoms with Crippen LogP contribution in [0.5, 0.6) is 0 Å². The van der Waals surface area contributed by atoms with Gasteiger partial charge in [0.1, 0.15) is 0 Å². The predicted molar refractivity (Wildman–Crippen MR) is 133 cm³/mol. The minimum absolute atomic E-state index is 0.0245. The van der Waals surface area contributed by atoms with Crippen LogP contribution >= 0.6 is 0 Å². The Morgan fingerprint density at radius 1 is 0.818 bits per heavy atom. The Labute approximate surface area is 193 Å². The van der Waals surface area contributed by atoms with Gasteiger partial charge in [0.15, 0.2) is 0 Å². The second kappa shape index (κ2) is 10.9. The van der Waals surface area contributed by atoms with E-state index < -0.39 is 0 Å². The van der Waals surface area contributed by atoms with Crippen LogP contribution in [0, 0.1) is 6.92 Å². The summed E-state index contributed by atoms with van der Waals surface area (Å²) in [5.41, 5.74) is 4.15. The number of nitrogens with one attached hydrogen (secondary N) is 3. The molecule has 0 aliphatic rings. The van der Waals surface area contributed by atoms with Crippen LogP contribution in [0.25, 0.3) is 0 Å². The van der Waals surface area contributed by atoms with E-state index in [0.717, 1.165) is 11.3 Å². The van der Waals surface area contributed by atoms with Gasteiger partial charge >= 0.3 is 0 Å².